The van der Waals surface area contributed by atoms with Gasteiger partial charge >= 0.3 is 11.9 Å². The van der Waals surface area contributed by atoms with Gasteiger partial charge in [-0.3, -0.25) is 4.79 Å². The van der Waals surface area contributed by atoms with E-state index >= 15 is 0 Å². The summed E-state index contributed by atoms with van der Waals surface area (Å²) in [7, 11) is 1.38. The van der Waals surface area contributed by atoms with Gasteiger partial charge in [0.05, 0.1) is 13.7 Å². The summed E-state index contributed by atoms with van der Waals surface area (Å²) in [5.41, 5.74) is 0. The summed E-state index contributed by atoms with van der Waals surface area (Å²) < 4.78 is 9.33. The maximum Gasteiger partial charge on any atom is 0.330 e. The minimum absolute atomic E-state index is 0.201. The third-order valence-corrected chi connectivity index (χ3v) is 2.53. The average Bonchev–Trinajstić information content (AvgIpc) is 2.35. The summed E-state index contributed by atoms with van der Waals surface area (Å²) in [6.07, 6.45) is 10.9. The molecule has 0 saturated carbocycles. The van der Waals surface area contributed by atoms with Crippen molar-refractivity contribution in [2.45, 2.75) is 51.9 Å². The lowest BCUT2D eigenvalue weighted by molar-refractivity contribution is -0.141. The first-order valence-corrected chi connectivity index (χ1v) is 6.54. The van der Waals surface area contributed by atoms with Gasteiger partial charge in [-0.25, -0.2) is 4.79 Å². The largest absolute Gasteiger partial charge is 0.466 e. The van der Waals surface area contributed by atoms with Crippen LogP contribution in [0.5, 0.6) is 0 Å². The zero-order chi connectivity index (χ0) is 13.6. The second-order valence-corrected chi connectivity index (χ2v) is 4.18. The molecule has 0 aliphatic heterocycles. The van der Waals surface area contributed by atoms with Crippen molar-refractivity contribution >= 4 is 11.9 Å². The molecule has 0 rings (SSSR count). The van der Waals surface area contributed by atoms with E-state index in [2.05, 4.69) is 4.74 Å². The summed E-state index contributed by atoms with van der Waals surface area (Å²) in [4.78, 5) is 21.2. The van der Waals surface area contributed by atoms with Gasteiger partial charge in [0.25, 0.3) is 0 Å². The van der Waals surface area contributed by atoms with Crippen LogP contribution in [-0.4, -0.2) is 25.7 Å². The summed E-state index contributed by atoms with van der Waals surface area (Å²) >= 11 is 0. The fourth-order valence-electron chi connectivity index (χ4n) is 1.53. The molecule has 0 aromatic rings. The Balaban J connectivity index is 3.14. The summed E-state index contributed by atoms with van der Waals surface area (Å²) in [6.45, 7) is 1.97. The number of hydrogen-bond acceptors (Lipinski definition) is 4. The van der Waals surface area contributed by atoms with Crippen molar-refractivity contribution in [2.75, 3.05) is 13.7 Å². The van der Waals surface area contributed by atoms with Crippen LogP contribution in [-0.2, 0) is 19.1 Å². The van der Waals surface area contributed by atoms with E-state index in [9.17, 15) is 9.59 Å². The van der Waals surface area contributed by atoms with Gasteiger partial charge < -0.3 is 9.47 Å². The minimum Gasteiger partial charge on any atom is -0.466 e. The van der Waals surface area contributed by atoms with E-state index in [1.807, 2.05) is 6.08 Å². The number of unbranched alkanes of at least 4 members (excludes halogenated alkanes) is 6. The summed E-state index contributed by atoms with van der Waals surface area (Å²) in [5.74, 6) is -0.493. The van der Waals surface area contributed by atoms with Crippen molar-refractivity contribution in [3.63, 3.8) is 0 Å². The van der Waals surface area contributed by atoms with E-state index in [0.29, 0.717) is 6.61 Å². The van der Waals surface area contributed by atoms with Crippen molar-refractivity contribution in [3.05, 3.63) is 12.2 Å². The fourth-order valence-corrected chi connectivity index (χ4v) is 1.53. The van der Waals surface area contributed by atoms with Crippen LogP contribution in [0.15, 0.2) is 12.2 Å². The molecular weight excluding hydrogens is 232 g/mol. The van der Waals surface area contributed by atoms with Gasteiger partial charge in [-0.2, -0.15) is 0 Å². The molecular formula is C14H24O4. The topological polar surface area (TPSA) is 52.6 Å². The van der Waals surface area contributed by atoms with E-state index in [1.165, 1.54) is 39.4 Å². The Morgan fingerprint density at radius 2 is 1.61 bits per heavy atom. The molecule has 4 heteroatoms. The molecule has 18 heavy (non-hydrogen) atoms. The fraction of sp³-hybridized carbons (Fsp3) is 0.714. The highest BCUT2D eigenvalue weighted by molar-refractivity contribution is 5.81. The van der Waals surface area contributed by atoms with E-state index < -0.39 is 0 Å². The Morgan fingerprint density at radius 3 is 2.22 bits per heavy atom. The first kappa shape index (κ1) is 16.7. The zero-order valence-corrected chi connectivity index (χ0v) is 11.4. The second kappa shape index (κ2) is 12.1. The van der Waals surface area contributed by atoms with E-state index in [0.717, 1.165) is 25.7 Å². The smallest absolute Gasteiger partial charge is 0.330 e. The molecule has 0 aliphatic rings. The number of allylic oxidation sites excluding steroid dienone is 1. The molecule has 104 valence electrons. The Morgan fingerprint density at radius 1 is 1.00 bits per heavy atom. The highest BCUT2D eigenvalue weighted by atomic mass is 16.5. The quantitative estimate of drug-likeness (QED) is 0.342. The molecule has 0 atom stereocenters. The minimum atomic E-state index is -0.291. The molecule has 0 amide bonds. The molecule has 0 aromatic carbocycles. The third-order valence-electron chi connectivity index (χ3n) is 2.53. The van der Waals surface area contributed by atoms with Crippen molar-refractivity contribution in [2.24, 2.45) is 0 Å². The van der Waals surface area contributed by atoms with E-state index in [-0.39, 0.29) is 11.9 Å². The van der Waals surface area contributed by atoms with Gasteiger partial charge in [0.2, 0.25) is 0 Å². The first-order chi connectivity index (χ1) is 8.66. The number of methoxy groups -OCH3 is 1. The standard InChI is InChI=1S/C14H24O4/c1-13(15)18-12-10-8-6-4-3-5-7-9-11-14(16)17-2/h9,11H,3-8,10,12H2,1-2H3/b11-9+. The molecule has 4 nitrogen and oxygen atoms in total. The number of carbonyl (C=O) groups excluding carboxylic acids is 2. The Bertz CT molecular complexity index is 259. The predicted molar refractivity (Wildman–Crippen MR) is 70.1 cm³/mol. The van der Waals surface area contributed by atoms with Gasteiger partial charge in [0, 0.05) is 13.0 Å². The van der Waals surface area contributed by atoms with Crippen molar-refractivity contribution in [1.82, 2.24) is 0 Å². The predicted octanol–water partition coefficient (Wildman–Crippen LogP) is 3.01. The van der Waals surface area contributed by atoms with Crippen LogP contribution in [0.3, 0.4) is 0 Å². The van der Waals surface area contributed by atoms with Crippen LogP contribution in [0.4, 0.5) is 0 Å². The first-order valence-electron chi connectivity index (χ1n) is 6.54. The summed E-state index contributed by atoms with van der Waals surface area (Å²) in [6, 6.07) is 0. The molecule has 0 heterocycles. The van der Waals surface area contributed by atoms with E-state index in [4.69, 9.17) is 4.74 Å². The number of carbonyl (C=O) groups is 2. The molecule has 0 N–H and O–H groups in total. The van der Waals surface area contributed by atoms with Gasteiger partial charge in [0.15, 0.2) is 0 Å². The lowest BCUT2D eigenvalue weighted by atomic mass is 10.1. The highest BCUT2D eigenvalue weighted by Crippen LogP contribution is 2.07. The van der Waals surface area contributed by atoms with Crippen LogP contribution >= 0.6 is 0 Å². The molecule has 0 bridgehead atoms. The maximum atomic E-state index is 10.8. The summed E-state index contributed by atoms with van der Waals surface area (Å²) in [5, 5.41) is 0. The zero-order valence-electron chi connectivity index (χ0n) is 11.4. The van der Waals surface area contributed by atoms with Crippen LogP contribution in [0.1, 0.15) is 51.9 Å². The molecule has 0 spiro atoms. The Labute approximate surface area is 109 Å². The van der Waals surface area contributed by atoms with Crippen LogP contribution in [0.25, 0.3) is 0 Å². The van der Waals surface area contributed by atoms with Gasteiger partial charge in [-0.15, -0.1) is 0 Å². The second-order valence-electron chi connectivity index (χ2n) is 4.18. The molecule has 0 fully saturated rings. The third kappa shape index (κ3) is 12.7. The SMILES string of the molecule is COC(=O)/C=C/CCCCCCCCOC(C)=O. The van der Waals surface area contributed by atoms with Crippen molar-refractivity contribution < 1.29 is 19.1 Å². The number of hydrogen-bond donors (Lipinski definition) is 0. The lowest BCUT2D eigenvalue weighted by Crippen LogP contribution is -2.00. The van der Waals surface area contributed by atoms with Crippen LogP contribution in [0.2, 0.25) is 0 Å². The number of esters is 2. The molecule has 0 aliphatic carbocycles. The monoisotopic (exact) mass is 256 g/mol. The van der Waals surface area contributed by atoms with Crippen LogP contribution < -0.4 is 0 Å². The van der Waals surface area contributed by atoms with Crippen molar-refractivity contribution in [1.29, 1.82) is 0 Å². The Hall–Kier alpha value is -1.32. The van der Waals surface area contributed by atoms with Gasteiger partial charge in [-0.05, 0) is 19.3 Å². The average molecular weight is 256 g/mol. The molecule has 0 saturated heterocycles. The maximum absolute atomic E-state index is 10.8. The van der Waals surface area contributed by atoms with Gasteiger partial charge in [-0.1, -0.05) is 31.8 Å². The van der Waals surface area contributed by atoms with Gasteiger partial charge in [0.1, 0.15) is 0 Å². The van der Waals surface area contributed by atoms with Crippen LogP contribution in [0, 0.1) is 0 Å². The normalized spacial score (nSPS) is 10.6. The van der Waals surface area contributed by atoms with E-state index in [1.54, 1.807) is 0 Å². The molecule has 0 unspecified atom stereocenters. The lowest BCUT2D eigenvalue weighted by Gasteiger charge is -2.01. The molecule has 0 aromatic heterocycles. The number of ether oxygens (including phenoxy) is 2. The van der Waals surface area contributed by atoms with Crippen molar-refractivity contribution in [3.8, 4) is 0 Å². The molecule has 0 radical (unpaired) electrons. The Kier molecular flexibility index (Phi) is 11.3. The number of rotatable bonds is 10. The highest BCUT2D eigenvalue weighted by Gasteiger charge is 1.94.